The van der Waals surface area contributed by atoms with Gasteiger partial charge in [0.25, 0.3) is 0 Å². The van der Waals surface area contributed by atoms with Gasteiger partial charge in [-0.05, 0) is 11.4 Å². The molecule has 0 saturated heterocycles. The van der Waals surface area contributed by atoms with Crippen LogP contribution in [0.1, 0.15) is 10.7 Å². The average Bonchev–Trinajstić information content (AvgIpc) is 2.92. The van der Waals surface area contributed by atoms with Crippen molar-refractivity contribution in [1.82, 2.24) is 15.0 Å². The maximum Gasteiger partial charge on any atom is 0.223 e. The number of nitrogen functional groups attached to an aromatic ring is 1. The molecular formula is C14H12N4S. The summed E-state index contributed by atoms with van der Waals surface area (Å²) in [5.41, 5.74) is 6.72. The summed E-state index contributed by atoms with van der Waals surface area (Å²) in [6.45, 7) is 0. The second kappa shape index (κ2) is 5.16. The first-order valence-corrected chi connectivity index (χ1v) is 6.77. The Bertz CT molecular complexity index is 665. The number of rotatable bonds is 3. The topological polar surface area (TPSA) is 64.7 Å². The number of hydrogen-bond donors (Lipinski definition) is 1. The van der Waals surface area contributed by atoms with Crippen molar-refractivity contribution in [1.29, 1.82) is 0 Å². The van der Waals surface area contributed by atoms with Crippen molar-refractivity contribution in [2.75, 3.05) is 5.73 Å². The molecule has 0 radical (unpaired) electrons. The largest absolute Gasteiger partial charge is 0.368 e. The molecule has 2 N–H and O–H groups in total. The Balaban J connectivity index is 1.97. The molecule has 4 nitrogen and oxygen atoms in total. The van der Waals surface area contributed by atoms with E-state index in [4.69, 9.17) is 5.73 Å². The summed E-state index contributed by atoms with van der Waals surface area (Å²) in [4.78, 5) is 14.1. The Morgan fingerprint density at radius 1 is 0.947 bits per heavy atom. The monoisotopic (exact) mass is 268 g/mol. The van der Waals surface area contributed by atoms with Crippen molar-refractivity contribution in [3.63, 3.8) is 0 Å². The molecular weight excluding hydrogens is 256 g/mol. The zero-order chi connectivity index (χ0) is 13.1. The lowest BCUT2D eigenvalue weighted by Gasteiger charge is -2.04. The van der Waals surface area contributed by atoms with Gasteiger partial charge in [-0.3, -0.25) is 0 Å². The molecule has 0 amide bonds. The molecule has 19 heavy (non-hydrogen) atoms. The van der Waals surface area contributed by atoms with Gasteiger partial charge in [0.05, 0.1) is 0 Å². The Morgan fingerprint density at radius 3 is 2.53 bits per heavy atom. The number of nitrogens with two attached hydrogens (primary N) is 1. The highest BCUT2D eigenvalue weighted by atomic mass is 32.1. The predicted octanol–water partition coefficient (Wildman–Crippen LogP) is 2.77. The minimum Gasteiger partial charge on any atom is -0.368 e. The van der Waals surface area contributed by atoms with E-state index in [-0.39, 0.29) is 5.95 Å². The highest BCUT2D eigenvalue weighted by Crippen LogP contribution is 2.17. The van der Waals surface area contributed by atoms with Crippen LogP contribution in [0.25, 0.3) is 11.4 Å². The molecule has 0 saturated carbocycles. The van der Waals surface area contributed by atoms with Gasteiger partial charge >= 0.3 is 0 Å². The highest BCUT2D eigenvalue weighted by Gasteiger charge is 2.07. The minimum atomic E-state index is 0.264. The Morgan fingerprint density at radius 2 is 1.79 bits per heavy atom. The lowest BCUT2D eigenvalue weighted by molar-refractivity contribution is 0.945. The van der Waals surface area contributed by atoms with Crippen LogP contribution in [0.4, 0.5) is 5.95 Å². The summed E-state index contributed by atoms with van der Waals surface area (Å²) in [7, 11) is 0. The fourth-order valence-electron chi connectivity index (χ4n) is 1.80. The normalized spacial score (nSPS) is 10.5. The van der Waals surface area contributed by atoms with Crippen LogP contribution < -0.4 is 5.73 Å². The Hall–Kier alpha value is -2.27. The average molecular weight is 268 g/mol. The highest BCUT2D eigenvalue weighted by molar-refractivity contribution is 7.09. The summed E-state index contributed by atoms with van der Waals surface area (Å²) in [6, 6.07) is 13.9. The third kappa shape index (κ3) is 2.77. The molecule has 0 aliphatic heterocycles. The fraction of sp³-hybridized carbons (Fsp3) is 0.0714. The molecule has 5 heteroatoms. The summed E-state index contributed by atoms with van der Waals surface area (Å²) in [5, 5.41) is 2.04. The van der Waals surface area contributed by atoms with Gasteiger partial charge in [-0.1, -0.05) is 36.4 Å². The quantitative estimate of drug-likeness (QED) is 0.793. The van der Waals surface area contributed by atoms with Gasteiger partial charge in [0.2, 0.25) is 5.95 Å². The number of hydrogen-bond acceptors (Lipinski definition) is 5. The molecule has 0 aliphatic carbocycles. The van der Waals surface area contributed by atoms with Crippen LogP contribution in [-0.2, 0) is 6.42 Å². The first-order valence-electron chi connectivity index (χ1n) is 5.89. The molecule has 2 aromatic heterocycles. The summed E-state index contributed by atoms with van der Waals surface area (Å²) in [6.07, 6.45) is 0.685. The standard InChI is InChI=1S/C14H12N4S/c15-14-17-12(9-11-7-4-8-19-11)16-13(18-14)10-5-2-1-3-6-10/h1-8H,9H2,(H2,15,16,17,18). The van der Waals surface area contributed by atoms with E-state index in [0.29, 0.717) is 18.1 Å². The molecule has 0 fully saturated rings. The molecule has 0 aliphatic rings. The van der Waals surface area contributed by atoms with E-state index < -0.39 is 0 Å². The summed E-state index contributed by atoms with van der Waals surface area (Å²) >= 11 is 1.68. The third-order valence-corrected chi connectivity index (χ3v) is 3.52. The van der Waals surface area contributed by atoms with Gasteiger partial charge in [-0.2, -0.15) is 9.97 Å². The van der Waals surface area contributed by atoms with Crippen molar-refractivity contribution in [2.45, 2.75) is 6.42 Å². The first kappa shape index (κ1) is 11.8. The van der Waals surface area contributed by atoms with Crippen molar-refractivity contribution in [3.8, 4) is 11.4 Å². The minimum absolute atomic E-state index is 0.264. The van der Waals surface area contributed by atoms with E-state index in [1.807, 2.05) is 41.8 Å². The number of thiophene rings is 1. The van der Waals surface area contributed by atoms with Gasteiger partial charge in [-0.25, -0.2) is 4.98 Å². The number of aromatic nitrogens is 3. The van der Waals surface area contributed by atoms with Crippen LogP contribution in [0.5, 0.6) is 0 Å². The third-order valence-electron chi connectivity index (χ3n) is 2.64. The molecule has 0 spiro atoms. The van der Waals surface area contributed by atoms with Gasteiger partial charge in [0.15, 0.2) is 5.82 Å². The molecule has 1 aromatic carbocycles. The van der Waals surface area contributed by atoms with Crippen molar-refractivity contribution in [3.05, 3.63) is 58.5 Å². The molecule has 3 rings (SSSR count). The van der Waals surface area contributed by atoms with Gasteiger partial charge in [-0.15, -0.1) is 11.3 Å². The lowest BCUT2D eigenvalue weighted by atomic mass is 10.2. The van der Waals surface area contributed by atoms with Gasteiger partial charge in [0.1, 0.15) is 5.82 Å². The van der Waals surface area contributed by atoms with E-state index in [1.54, 1.807) is 11.3 Å². The number of nitrogens with zero attached hydrogens (tertiary/aromatic N) is 3. The first-order chi connectivity index (χ1) is 9.31. The van der Waals surface area contributed by atoms with Crippen LogP contribution in [0.15, 0.2) is 47.8 Å². The summed E-state index contributed by atoms with van der Waals surface area (Å²) < 4.78 is 0. The van der Waals surface area contributed by atoms with E-state index in [0.717, 1.165) is 5.56 Å². The molecule has 0 bridgehead atoms. The molecule has 94 valence electrons. The molecule has 2 heterocycles. The Kier molecular flexibility index (Phi) is 3.20. The molecule has 0 unspecified atom stereocenters. The van der Waals surface area contributed by atoms with Crippen LogP contribution in [0.2, 0.25) is 0 Å². The summed E-state index contributed by atoms with van der Waals surface area (Å²) in [5.74, 6) is 1.59. The molecule has 3 aromatic rings. The fourth-order valence-corrected chi connectivity index (χ4v) is 2.50. The van der Waals surface area contributed by atoms with Crippen LogP contribution in [-0.4, -0.2) is 15.0 Å². The maximum atomic E-state index is 5.77. The van der Waals surface area contributed by atoms with Crippen LogP contribution in [0, 0.1) is 0 Å². The zero-order valence-electron chi connectivity index (χ0n) is 10.2. The number of benzene rings is 1. The van der Waals surface area contributed by atoms with Crippen LogP contribution >= 0.6 is 11.3 Å². The van der Waals surface area contributed by atoms with Crippen molar-refractivity contribution < 1.29 is 0 Å². The second-order valence-corrected chi connectivity index (χ2v) is 5.09. The van der Waals surface area contributed by atoms with Crippen molar-refractivity contribution >= 4 is 17.3 Å². The van der Waals surface area contributed by atoms with E-state index in [2.05, 4.69) is 21.0 Å². The second-order valence-electron chi connectivity index (χ2n) is 4.06. The van der Waals surface area contributed by atoms with Crippen LogP contribution in [0.3, 0.4) is 0 Å². The zero-order valence-corrected chi connectivity index (χ0v) is 11.0. The SMILES string of the molecule is Nc1nc(Cc2cccs2)nc(-c2ccccc2)n1. The van der Waals surface area contributed by atoms with E-state index in [9.17, 15) is 0 Å². The Labute approximate surface area is 115 Å². The van der Waals surface area contributed by atoms with Gasteiger partial charge in [0, 0.05) is 16.9 Å². The van der Waals surface area contributed by atoms with E-state index >= 15 is 0 Å². The smallest absolute Gasteiger partial charge is 0.223 e. The van der Waals surface area contributed by atoms with Gasteiger partial charge < -0.3 is 5.73 Å². The molecule has 0 atom stereocenters. The predicted molar refractivity (Wildman–Crippen MR) is 76.8 cm³/mol. The maximum absolute atomic E-state index is 5.77. The lowest BCUT2D eigenvalue weighted by Crippen LogP contribution is -2.05. The van der Waals surface area contributed by atoms with Crippen molar-refractivity contribution in [2.24, 2.45) is 0 Å². The van der Waals surface area contributed by atoms with E-state index in [1.165, 1.54) is 4.88 Å². The number of anilines is 1.